The van der Waals surface area contributed by atoms with Gasteiger partial charge in [0.25, 0.3) is 0 Å². The fourth-order valence-corrected chi connectivity index (χ4v) is 2.59. The molecule has 1 aliphatic rings. The van der Waals surface area contributed by atoms with Crippen LogP contribution in [0.3, 0.4) is 0 Å². The Morgan fingerprint density at radius 2 is 2.40 bits per heavy atom. The maximum atomic E-state index is 10.7. The van der Waals surface area contributed by atoms with Gasteiger partial charge in [-0.2, -0.15) is 4.98 Å². The second kappa shape index (κ2) is 6.00. The number of anilines is 2. The van der Waals surface area contributed by atoms with Crippen molar-refractivity contribution in [3.05, 3.63) is 16.3 Å². The van der Waals surface area contributed by atoms with Gasteiger partial charge in [0, 0.05) is 20.1 Å². The third-order valence-electron chi connectivity index (χ3n) is 3.58. The van der Waals surface area contributed by atoms with Crippen molar-refractivity contribution in [2.24, 2.45) is 5.92 Å². The lowest BCUT2D eigenvalue weighted by Gasteiger charge is -2.32. The van der Waals surface area contributed by atoms with Gasteiger partial charge >= 0.3 is 5.69 Å². The van der Waals surface area contributed by atoms with Gasteiger partial charge in [-0.05, 0) is 32.4 Å². The molecule has 0 bridgehead atoms. The predicted octanol–water partition coefficient (Wildman–Crippen LogP) is 0.745. The molecule has 1 fully saturated rings. The summed E-state index contributed by atoms with van der Waals surface area (Å²) in [6.45, 7) is 3.01. The normalized spacial score (nSPS) is 19.8. The fraction of sp³-hybridized carbons (Fsp3) is 0.667. The zero-order valence-corrected chi connectivity index (χ0v) is 11.8. The summed E-state index contributed by atoms with van der Waals surface area (Å²) >= 11 is 0. The highest BCUT2D eigenvalue weighted by Crippen LogP contribution is 2.21. The minimum atomic E-state index is -0.574. The Morgan fingerprint density at radius 3 is 3.00 bits per heavy atom. The lowest BCUT2D eigenvalue weighted by atomic mass is 9.98. The molecule has 0 aromatic carbocycles. The van der Waals surface area contributed by atoms with Crippen molar-refractivity contribution in [2.45, 2.75) is 12.8 Å². The quantitative estimate of drug-likeness (QED) is 0.641. The molecule has 1 atom stereocenters. The molecule has 0 aliphatic carbocycles. The summed E-state index contributed by atoms with van der Waals surface area (Å²) in [4.78, 5) is 22.4. The van der Waals surface area contributed by atoms with Crippen LogP contribution in [0.2, 0.25) is 0 Å². The van der Waals surface area contributed by atoms with Crippen molar-refractivity contribution in [1.82, 2.24) is 14.9 Å². The molecule has 1 saturated heterocycles. The van der Waals surface area contributed by atoms with Gasteiger partial charge in [-0.15, -0.1) is 0 Å². The van der Waals surface area contributed by atoms with Gasteiger partial charge in [-0.3, -0.25) is 10.1 Å². The van der Waals surface area contributed by atoms with Crippen molar-refractivity contribution >= 4 is 17.5 Å². The molecular weight excluding hydrogens is 260 g/mol. The minimum Gasteiger partial charge on any atom is -0.378 e. The van der Waals surface area contributed by atoms with Crippen LogP contribution in [0.5, 0.6) is 0 Å². The molecule has 20 heavy (non-hydrogen) atoms. The van der Waals surface area contributed by atoms with Gasteiger partial charge in [0.2, 0.25) is 11.8 Å². The second-order valence-corrected chi connectivity index (χ2v) is 5.35. The number of hydrogen-bond donors (Lipinski definition) is 1. The molecule has 0 amide bonds. The number of likely N-dealkylation sites (tertiary alicyclic amines) is 1. The molecule has 8 heteroatoms. The van der Waals surface area contributed by atoms with E-state index in [2.05, 4.69) is 21.9 Å². The number of aromatic nitrogens is 2. The summed E-state index contributed by atoms with van der Waals surface area (Å²) in [6, 6.07) is 0. The number of hydrogen-bond acceptors (Lipinski definition) is 7. The lowest BCUT2D eigenvalue weighted by Crippen LogP contribution is -2.38. The molecule has 8 nitrogen and oxygen atoms in total. The van der Waals surface area contributed by atoms with Gasteiger partial charge in [-0.25, -0.2) is 4.98 Å². The van der Waals surface area contributed by atoms with Crippen molar-refractivity contribution in [1.29, 1.82) is 0 Å². The zero-order valence-electron chi connectivity index (χ0n) is 11.8. The smallest absolute Gasteiger partial charge is 0.329 e. The molecule has 0 radical (unpaired) electrons. The predicted molar refractivity (Wildman–Crippen MR) is 76.6 cm³/mol. The van der Waals surface area contributed by atoms with E-state index in [1.54, 1.807) is 0 Å². The molecule has 2 N–H and O–H groups in total. The topological polar surface area (TPSA) is 101 Å². The molecule has 0 spiro atoms. The molecule has 0 saturated carbocycles. The van der Waals surface area contributed by atoms with E-state index >= 15 is 0 Å². The highest BCUT2D eigenvalue weighted by molar-refractivity contribution is 5.53. The summed E-state index contributed by atoms with van der Waals surface area (Å²) in [5.74, 6) is 0.896. The number of nitrogens with two attached hydrogens (primary N) is 1. The summed E-state index contributed by atoms with van der Waals surface area (Å²) in [7, 11) is 4.00. The first kappa shape index (κ1) is 14.4. The van der Waals surface area contributed by atoms with Crippen LogP contribution in [0.4, 0.5) is 17.5 Å². The van der Waals surface area contributed by atoms with Gasteiger partial charge in [0.15, 0.2) is 0 Å². The summed E-state index contributed by atoms with van der Waals surface area (Å²) in [6.07, 6.45) is 3.54. The third-order valence-corrected chi connectivity index (χ3v) is 3.58. The van der Waals surface area contributed by atoms with Crippen LogP contribution in [-0.4, -0.2) is 53.5 Å². The Bertz CT molecular complexity index is 495. The van der Waals surface area contributed by atoms with E-state index < -0.39 is 4.92 Å². The molecule has 1 unspecified atom stereocenters. The number of nitro groups is 1. The molecule has 1 aromatic rings. The van der Waals surface area contributed by atoms with Crippen LogP contribution >= 0.6 is 0 Å². The van der Waals surface area contributed by atoms with Crippen molar-refractivity contribution < 1.29 is 4.92 Å². The number of rotatable bonds is 4. The Kier molecular flexibility index (Phi) is 4.33. The van der Waals surface area contributed by atoms with Crippen molar-refractivity contribution in [3.63, 3.8) is 0 Å². The molecular formula is C12H20N6O2. The molecule has 1 aliphatic heterocycles. The van der Waals surface area contributed by atoms with Crippen LogP contribution < -0.4 is 10.6 Å². The number of piperidine rings is 1. The fourth-order valence-electron chi connectivity index (χ4n) is 2.59. The largest absolute Gasteiger partial charge is 0.378 e. The van der Waals surface area contributed by atoms with Gasteiger partial charge in [-0.1, -0.05) is 0 Å². The Balaban J connectivity index is 2.03. The van der Waals surface area contributed by atoms with E-state index in [1.165, 1.54) is 19.0 Å². The van der Waals surface area contributed by atoms with Gasteiger partial charge < -0.3 is 15.5 Å². The maximum absolute atomic E-state index is 10.7. The molecule has 1 aromatic heterocycles. The summed E-state index contributed by atoms with van der Waals surface area (Å²) < 4.78 is 0. The summed E-state index contributed by atoms with van der Waals surface area (Å²) in [5, 5.41) is 10.7. The third kappa shape index (κ3) is 3.32. The van der Waals surface area contributed by atoms with Crippen LogP contribution in [-0.2, 0) is 0 Å². The first-order valence-electron chi connectivity index (χ1n) is 6.64. The average molecular weight is 280 g/mol. The van der Waals surface area contributed by atoms with Crippen molar-refractivity contribution in [3.8, 4) is 0 Å². The highest BCUT2D eigenvalue weighted by Gasteiger charge is 2.21. The second-order valence-electron chi connectivity index (χ2n) is 5.35. The van der Waals surface area contributed by atoms with Crippen LogP contribution in [0.1, 0.15) is 12.8 Å². The molecule has 110 valence electrons. The van der Waals surface area contributed by atoms with E-state index in [4.69, 9.17) is 5.73 Å². The first-order chi connectivity index (χ1) is 9.47. The Hall–Kier alpha value is -1.96. The monoisotopic (exact) mass is 280 g/mol. The Labute approximate surface area is 117 Å². The van der Waals surface area contributed by atoms with E-state index in [0.29, 0.717) is 11.9 Å². The van der Waals surface area contributed by atoms with E-state index in [0.717, 1.165) is 19.6 Å². The van der Waals surface area contributed by atoms with E-state index in [-0.39, 0.29) is 11.5 Å². The van der Waals surface area contributed by atoms with Crippen LogP contribution in [0, 0.1) is 16.0 Å². The Morgan fingerprint density at radius 1 is 1.65 bits per heavy atom. The standard InChI is InChI=1S/C12H20N6O2/c1-16-5-3-4-9(7-16)8-17(2)12-14-6-10(18(19)20)11(13)15-12/h6,9H,3-5,7-8H2,1-2H3,(H2,13,14,15). The SMILES string of the molecule is CN1CCCC(CN(C)c2ncc([N+](=O)[O-])c(N)n2)C1. The average Bonchev–Trinajstić information content (AvgIpc) is 2.38. The van der Waals surface area contributed by atoms with Crippen LogP contribution in [0.15, 0.2) is 6.20 Å². The maximum Gasteiger partial charge on any atom is 0.329 e. The number of nitrogen functional groups attached to an aromatic ring is 1. The van der Waals surface area contributed by atoms with E-state index in [9.17, 15) is 10.1 Å². The zero-order chi connectivity index (χ0) is 14.7. The van der Waals surface area contributed by atoms with Gasteiger partial charge in [0.05, 0.1) is 4.92 Å². The van der Waals surface area contributed by atoms with Crippen LogP contribution in [0.25, 0.3) is 0 Å². The van der Waals surface area contributed by atoms with Crippen molar-refractivity contribution in [2.75, 3.05) is 44.4 Å². The minimum absolute atomic E-state index is 0.0902. The van der Waals surface area contributed by atoms with E-state index in [1.807, 2.05) is 11.9 Å². The lowest BCUT2D eigenvalue weighted by molar-refractivity contribution is -0.384. The molecule has 2 rings (SSSR count). The number of nitrogens with zero attached hydrogens (tertiary/aromatic N) is 5. The molecule has 2 heterocycles. The highest BCUT2D eigenvalue weighted by atomic mass is 16.6. The first-order valence-corrected chi connectivity index (χ1v) is 6.64. The van der Waals surface area contributed by atoms with Gasteiger partial charge in [0.1, 0.15) is 6.20 Å². The summed E-state index contributed by atoms with van der Waals surface area (Å²) in [5.41, 5.74) is 5.34.